The quantitative estimate of drug-likeness (QED) is 0.538. The Morgan fingerprint density at radius 2 is 2.33 bits per heavy atom. The van der Waals surface area contributed by atoms with Crippen molar-refractivity contribution in [1.82, 2.24) is 4.90 Å². The first-order valence-corrected chi connectivity index (χ1v) is 3.75. The van der Waals surface area contributed by atoms with Crippen LogP contribution in [0.5, 0.6) is 0 Å². The molecule has 1 aliphatic rings. The van der Waals surface area contributed by atoms with E-state index in [0.29, 0.717) is 0 Å². The second-order valence-electron chi connectivity index (χ2n) is 2.76. The zero-order chi connectivity index (χ0) is 9.14. The maximum atomic E-state index is 11.0. The lowest BCUT2D eigenvalue weighted by Gasteiger charge is -2.37. The van der Waals surface area contributed by atoms with Gasteiger partial charge < -0.3 is 10.5 Å². The topological polar surface area (TPSA) is 72.6 Å². The molecule has 0 aromatic rings. The number of nitrogens with zero attached hydrogens (tertiary/aromatic N) is 1. The van der Waals surface area contributed by atoms with Crippen molar-refractivity contribution < 1.29 is 14.3 Å². The number of nitrogens with two attached hydrogens (primary N) is 1. The van der Waals surface area contributed by atoms with Gasteiger partial charge in [0.2, 0.25) is 5.91 Å². The van der Waals surface area contributed by atoms with Crippen LogP contribution in [0.2, 0.25) is 0 Å². The third-order valence-corrected chi connectivity index (χ3v) is 1.96. The van der Waals surface area contributed by atoms with Crippen LogP contribution in [-0.2, 0) is 14.3 Å². The van der Waals surface area contributed by atoms with E-state index in [9.17, 15) is 9.59 Å². The zero-order valence-electron chi connectivity index (χ0n) is 6.95. The second-order valence-corrected chi connectivity index (χ2v) is 2.76. The molecular weight excluding hydrogens is 160 g/mol. The molecule has 0 aromatic carbocycles. The van der Waals surface area contributed by atoms with Crippen LogP contribution < -0.4 is 5.73 Å². The summed E-state index contributed by atoms with van der Waals surface area (Å²) < 4.78 is 4.53. The molecule has 1 unspecified atom stereocenters. The van der Waals surface area contributed by atoms with Crippen LogP contribution in [-0.4, -0.2) is 43.0 Å². The summed E-state index contributed by atoms with van der Waals surface area (Å²) in [6.45, 7) is 0.877. The molecule has 2 N–H and O–H groups in total. The van der Waals surface area contributed by atoms with E-state index >= 15 is 0 Å². The van der Waals surface area contributed by atoms with E-state index in [1.807, 2.05) is 0 Å². The molecule has 5 nitrogen and oxygen atoms in total. The average molecular weight is 172 g/mol. The van der Waals surface area contributed by atoms with E-state index < -0.39 is 5.91 Å². The van der Waals surface area contributed by atoms with Gasteiger partial charge in [0.15, 0.2) is 0 Å². The molecule has 1 saturated heterocycles. The van der Waals surface area contributed by atoms with E-state index in [4.69, 9.17) is 5.73 Å². The third-order valence-electron chi connectivity index (χ3n) is 1.96. The molecule has 0 bridgehead atoms. The van der Waals surface area contributed by atoms with E-state index in [0.717, 1.165) is 13.0 Å². The fourth-order valence-electron chi connectivity index (χ4n) is 1.23. The van der Waals surface area contributed by atoms with Gasteiger partial charge in [0.05, 0.1) is 13.7 Å². The Labute approximate surface area is 70.5 Å². The van der Waals surface area contributed by atoms with Gasteiger partial charge in [-0.2, -0.15) is 0 Å². The van der Waals surface area contributed by atoms with Crippen LogP contribution in [0.1, 0.15) is 6.42 Å². The average Bonchev–Trinajstić information content (AvgIpc) is 1.98. The van der Waals surface area contributed by atoms with Crippen molar-refractivity contribution in [2.75, 3.05) is 20.2 Å². The highest BCUT2D eigenvalue weighted by Crippen LogP contribution is 2.17. The van der Waals surface area contributed by atoms with Crippen molar-refractivity contribution in [3.8, 4) is 0 Å². The fraction of sp³-hybridized carbons (Fsp3) is 0.714. The number of carbonyl (C=O) groups excluding carboxylic acids is 2. The predicted molar refractivity (Wildman–Crippen MR) is 41.2 cm³/mol. The van der Waals surface area contributed by atoms with Crippen LogP contribution in [0.4, 0.5) is 0 Å². The largest absolute Gasteiger partial charge is 0.468 e. The van der Waals surface area contributed by atoms with E-state index in [1.165, 1.54) is 7.11 Å². The van der Waals surface area contributed by atoms with Gasteiger partial charge in [-0.1, -0.05) is 0 Å². The lowest BCUT2D eigenvalue weighted by molar-refractivity contribution is -0.152. The molecule has 1 heterocycles. The molecule has 68 valence electrons. The maximum absolute atomic E-state index is 11.0. The molecule has 1 amide bonds. The van der Waals surface area contributed by atoms with Crippen molar-refractivity contribution in [3.05, 3.63) is 0 Å². The number of hydrogen-bond acceptors (Lipinski definition) is 4. The summed E-state index contributed by atoms with van der Waals surface area (Å²) in [5.41, 5.74) is 4.97. The van der Waals surface area contributed by atoms with Crippen molar-refractivity contribution >= 4 is 11.9 Å². The zero-order valence-corrected chi connectivity index (χ0v) is 6.95. The highest BCUT2D eigenvalue weighted by molar-refractivity contribution is 5.80. The summed E-state index contributed by atoms with van der Waals surface area (Å²) in [6.07, 6.45) is 0.750. The Morgan fingerprint density at radius 1 is 1.67 bits per heavy atom. The van der Waals surface area contributed by atoms with Gasteiger partial charge in [-0.3, -0.25) is 14.5 Å². The molecule has 1 aliphatic heterocycles. The number of esters is 1. The molecular formula is C7H12N2O3. The van der Waals surface area contributed by atoms with Crippen LogP contribution in [0, 0.1) is 0 Å². The lowest BCUT2D eigenvalue weighted by atomic mass is 10.0. The molecule has 1 atom stereocenters. The van der Waals surface area contributed by atoms with Gasteiger partial charge in [0, 0.05) is 6.54 Å². The first-order chi connectivity index (χ1) is 5.65. The van der Waals surface area contributed by atoms with E-state index in [1.54, 1.807) is 4.90 Å². The lowest BCUT2D eigenvalue weighted by Crippen LogP contribution is -2.55. The molecule has 12 heavy (non-hydrogen) atoms. The molecule has 0 spiro atoms. The number of amides is 1. The highest BCUT2D eigenvalue weighted by atomic mass is 16.5. The van der Waals surface area contributed by atoms with Crippen LogP contribution >= 0.6 is 0 Å². The van der Waals surface area contributed by atoms with Crippen molar-refractivity contribution in [1.29, 1.82) is 0 Å². The minimum atomic E-state index is -0.413. The van der Waals surface area contributed by atoms with Gasteiger partial charge in [-0.05, 0) is 6.42 Å². The monoisotopic (exact) mass is 172 g/mol. The third kappa shape index (κ3) is 1.73. The summed E-state index contributed by atoms with van der Waals surface area (Å²) in [6, 6.07) is -0.262. The number of rotatable bonds is 3. The molecule has 0 radical (unpaired) electrons. The molecule has 0 aliphatic carbocycles. The molecule has 0 aromatic heterocycles. The Balaban J connectivity index is 2.38. The summed E-state index contributed by atoms with van der Waals surface area (Å²) in [5.74, 6) is -0.703. The SMILES string of the molecule is COC(=O)C1CCN1CC(N)=O. The number of hydrogen-bond donors (Lipinski definition) is 1. The number of ether oxygens (including phenoxy) is 1. The van der Waals surface area contributed by atoms with Gasteiger partial charge in [-0.15, -0.1) is 0 Å². The minimum absolute atomic E-state index is 0.139. The van der Waals surface area contributed by atoms with Gasteiger partial charge in [0.25, 0.3) is 0 Å². The van der Waals surface area contributed by atoms with Crippen molar-refractivity contribution in [3.63, 3.8) is 0 Å². The standard InChI is InChI=1S/C7H12N2O3/c1-12-7(11)5-2-3-9(5)4-6(8)10/h5H,2-4H2,1H3,(H2,8,10). The Morgan fingerprint density at radius 3 is 2.67 bits per heavy atom. The molecule has 0 saturated carbocycles. The highest BCUT2D eigenvalue weighted by Gasteiger charge is 2.35. The predicted octanol–water partition coefficient (Wildman–Crippen LogP) is -1.28. The fourth-order valence-corrected chi connectivity index (χ4v) is 1.23. The normalized spacial score (nSPS) is 22.9. The van der Waals surface area contributed by atoms with Gasteiger partial charge in [-0.25, -0.2) is 0 Å². The Bertz CT molecular complexity index is 205. The molecule has 5 heteroatoms. The van der Waals surface area contributed by atoms with Crippen molar-refractivity contribution in [2.24, 2.45) is 5.73 Å². The minimum Gasteiger partial charge on any atom is -0.468 e. The Hall–Kier alpha value is -1.10. The first-order valence-electron chi connectivity index (χ1n) is 3.75. The summed E-state index contributed by atoms with van der Waals surface area (Å²) >= 11 is 0. The summed E-state index contributed by atoms with van der Waals surface area (Å²) in [7, 11) is 1.34. The van der Waals surface area contributed by atoms with Crippen LogP contribution in [0.15, 0.2) is 0 Å². The Kier molecular flexibility index (Phi) is 2.65. The maximum Gasteiger partial charge on any atom is 0.323 e. The molecule has 1 fully saturated rings. The van der Waals surface area contributed by atoms with E-state index in [2.05, 4.69) is 4.74 Å². The number of likely N-dealkylation sites (tertiary alicyclic amines) is 1. The number of primary amides is 1. The first kappa shape index (κ1) is 8.99. The van der Waals surface area contributed by atoms with Crippen molar-refractivity contribution in [2.45, 2.75) is 12.5 Å². The van der Waals surface area contributed by atoms with Crippen LogP contribution in [0.25, 0.3) is 0 Å². The van der Waals surface area contributed by atoms with Gasteiger partial charge >= 0.3 is 5.97 Å². The number of carbonyl (C=O) groups is 2. The smallest absolute Gasteiger partial charge is 0.323 e. The van der Waals surface area contributed by atoms with Crippen LogP contribution in [0.3, 0.4) is 0 Å². The second kappa shape index (κ2) is 3.53. The number of methoxy groups -OCH3 is 1. The molecule has 1 rings (SSSR count). The summed E-state index contributed by atoms with van der Waals surface area (Å²) in [5, 5.41) is 0. The van der Waals surface area contributed by atoms with Gasteiger partial charge in [0.1, 0.15) is 6.04 Å². The summed E-state index contributed by atoms with van der Waals surface area (Å²) in [4.78, 5) is 23.2. The van der Waals surface area contributed by atoms with E-state index in [-0.39, 0.29) is 18.6 Å².